The summed E-state index contributed by atoms with van der Waals surface area (Å²) in [5, 5.41) is 0. The molecular formula is C16H32Sn2. The number of rotatable bonds is 2. The van der Waals surface area contributed by atoms with Gasteiger partial charge in [0.15, 0.2) is 0 Å². The zero-order chi connectivity index (χ0) is 13.3. The van der Waals surface area contributed by atoms with Crippen LogP contribution in [0.15, 0.2) is 0 Å². The van der Waals surface area contributed by atoms with Gasteiger partial charge >= 0.3 is 124 Å². The predicted molar refractivity (Wildman–Crippen MR) is 86.6 cm³/mol. The molecule has 0 amide bonds. The summed E-state index contributed by atoms with van der Waals surface area (Å²) in [6.07, 6.45) is 6.59. The van der Waals surface area contributed by atoms with E-state index in [4.69, 9.17) is 0 Å². The Morgan fingerprint density at radius 3 is 1.44 bits per heavy atom. The molecule has 0 aromatic carbocycles. The van der Waals surface area contributed by atoms with Gasteiger partial charge in [-0.15, -0.1) is 0 Å². The van der Waals surface area contributed by atoms with Crippen LogP contribution in [-0.4, -0.2) is 36.8 Å². The van der Waals surface area contributed by atoms with Gasteiger partial charge in [-0.1, -0.05) is 0 Å². The van der Waals surface area contributed by atoms with Crippen molar-refractivity contribution in [1.29, 1.82) is 0 Å². The zero-order valence-corrected chi connectivity index (χ0v) is 19.0. The molecule has 18 heavy (non-hydrogen) atoms. The van der Waals surface area contributed by atoms with Crippen LogP contribution in [0.4, 0.5) is 0 Å². The van der Waals surface area contributed by atoms with Gasteiger partial charge in [-0.3, -0.25) is 0 Å². The summed E-state index contributed by atoms with van der Waals surface area (Å²) in [6.45, 7) is 0. The molecule has 4 rings (SSSR count). The fourth-order valence-electron chi connectivity index (χ4n) is 6.61. The summed E-state index contributed by atoms with van der Waals surface area (Å²) in [6, 6.07) is 0. The van der Waals surface area contributed by atoms with Crippen LogP contribution in [0.1, 0.15) is 25.7 Å². The minimum atomic E-state index is -1.72. The zero-order valence-electron chi connectivity index (χ0n) is 13.3. The Morgan fingerprint density at radius 1 is 0.611 bits per heavy atom. The summed E-state index contributed by atoms with van der Waals surface area (Å²) in [4.78, 5) is 16.4. The van der Waals surface area contributed by atoms with E-state index in [1.807, 2.05) is 0 Å². The van der Waals surface area contributed by atoms with Crippen LogP contribution < -0.4 is 0 Å². The van der Waals surface area contributed by atoms with E-state index in [-0.39, 0.29) is 0 Å². The van der Waals surface area contributed by atoms with Gasteiger partial charge in [0.2, 0.25) is 0 Å². The minimum absolute atomic E-state index is 1.16. The molecule has 4 fully saturated rings. The van der Waals surface area contributed by atoms with E-state index in [2.05, 4.69) is 29.6 Å². The summed E-state index contributed by atoms with van der Waals surface area (Å²) >= 11 is -3.43. The average molecular weight is 462 g/mol. The Hall–Kier alpha value is 1.60. The second-order valence-electron chi connectivity index (χ2n) is 9.78. The van der Waals surface area contributed by atoms with Crippen molar-refractivity contribution >= 4 is 36.8 Å². The normalized spacial score (nSPS) is 47.7. The summed E-state index contributed by atoms with van der Waals surface area (Å²) in [7, 11) is 0. The van der Waals surface area contributed by atoms with E-state index >= 15 is 0 Å². The molecule has 0 saturated heterocycles. The molecule has 0 N–H and O–H groups in total. The molecular weight excluding hydrogens is 430 g/mol. The maximum atomic E-state index is 2.73. The standard InChI is InChI=1S/C10H14.6CH3.2Sn/c1-7-2-9-4-8(1)5-10(3-7)6-9;;;;;;;;/h1-2,7-10H,3-6H2;6*1H3;;. The maximum absolute atomic E-state index is 2.73. The molecule has 4 atom stereocenters. The van der Waals surface area contributed by atoms with E-state index < -0.39 is 36.8 Å². The third kappa shape index (κ3) is 2.33. The Labute approximate surface area is 122 Å². The van der Waals surface area contributed by atoms with Crippen LogP contribution in [0.2, 0.25) is 37.5 Å². The van der Waals surface area contributed by atoms with Crippen LogP contribution >= 0.6 is 0 Å². The van der Waals surface area contributed by atoms with Crippen LogP contribution in [0, 0.1) is 23.7 Å². The van der Waals surface area contributed by atoms with Gasteiger partial charge in [0, 0.05) is 0 Å². The molecule has 4 aliphatic rings. The number of hydrogen-bond donors (Lipinski definition) is 0. The molecule has 2 heteroatoms. The Kier molecular flexibility index (Phi) is 3.67. The monoisotopic (exact) mass is 464 g/mol. The molecule has 0 aromatic heterocycles. The third-order valence-corrected chi connectivity index (χ3v) is 23.0. The first-order valence-electron chi connectivity index (χ1n) is 8.18. The molecule has 2 unspecified atom stereocenters. The van der Waals surface area contributed by atoms with Gasteiger partial charge in [0.05, 0.1) is 0 Å². The van der Waals surface area contributed by atoms with E-state index in [0.29, 0.717) is 0 Å². The van der Waals surface area contributed by atoms with E-state index in [1.54, 1.807) is 25.7 Å². The fourth-order valence-corrected chi connectivity index (χ4v) is 27.1. The SMILES string of the molecule is [CH3][Sn]([CH3])([CH3])[C@H]1C2CC3CC(C2)[C@H]([Sn]([CH3])([CH3])[CH3])C1C3. The van der Waals surface area contributed by atoms with Gasteiger partial charge in [0.1, 0.15) is 0 Å². The van der Waals surface area contributed by atoms with Crippen molar-refractivity contribution in [2.75, 3.05) is 0 Å². The van der Waals surface area contributed by atoms with Crippen molar-refractivity contribution in [2.45, 2.75) is 63.2 Å². The third-order valence-electron chi connectivity index (χ3n) is 6.42. The molecule has 4 bridgehead atoms. The van der Waals surface area contributed by atoms with E-state index in [9.17, 15) is 0 Å². The van der Waals surface area contributed by atoms with Crippen LogP contribution in [0.25, 0.3) is 0 Å². The first-order chi connectivity index (χ1) is 8.18. The second-order valence-corrected chi connectivity index (χ2v) is 40.6. The quantitative estimate of drug-likeness (QED) is 0.478. The van der Waals surface area contributed by atoms with Crippen molar-refractivity contribution in [2.24, 2.45) is 23.7 Å². The molecule has 0 nitrogen and oxygen atoms in total. The first-order valence-corrected chi connectivity index (χ1v) is 28.6. The first kappa shape index (κ1) is 14.5. The average Bonchev–Trinajstić information content (AvgIpc) is 2.10. The molecule has 0 heterocycles. The molecule has 0 spiro atoms. The number of hydrogen-bond acceptors (Lipinski definition) is 0. The van der Waals surface area contributed by atoms with E-state index in [0.717, 1.165) is 5.92 Å². The molecule has 4 saturated carbocycles. The van der Waals surface area contributed by atoms with Gasteiger partial charge in [-0.05, 0) is 0 Å². The Morgan fingerprint density at radius 2 is 1.06 bits per heavy atom. The molecule has 104 valence electrons. The van der Waals surface area contributed by atoms with Crippen molar-refractivity contribution in [3.05, 3.63) is 0 Å². The molecule has 0 radical (unpaired) electrons. The van der Waals surface area contributed by atoms with Gasteiger partial charge in [-0.2, -0.15) is 0 Å². The second kappa shape index (κ2) is 4.54. The van der Waals surface area contributed by atoms with Gasteiger partial charge in [0.25, 0.3) is 0 Å². The van der Waals surface area contributed by atoms with Gasteiger partial charge < -0.3 is 0 Å². The van der Waals surface area contributed by atoms with Crippen LogP contribution in [-0.2, 0) is 0 Å². The summed E-state index contributed by atoms with van der Waals surface area (Å²) in [5.74, 6) is 4.75. The molecule has 4 aliphatic carbocycles. The van der Waals surface area contributed by atoms with Crippen LogP contribution in [0.5, 0.6) is 0 Å². The van der Waals surface area contributed by atoms with Gasteiger partial charge in [-0.25, -0.2) is 0 Å². The fraction of sp³-hybridized carbons (Fsp3) is 1.00. The predicted octanol–water partition coefficient (Wildman–Crippen LogP) is 5.47. The summed E-state index contributed by atoms with van der Waals surface area (Å²) < 4.78 is 2.51. The Bertz CT molecular complexity index is 306. The molecule has 0 aliphatic heterocycles. The Balaban J connectivity index is 1.96. The van der Waals surface area contributed by atoms with E-state index in [1.165, 1.54) is 25.6 Å². The van der Waals surface area contributed by atoms with Crippen molar-refractivity contribution < 1.29 is 0 Å². The molecule has 0 aromatic rings. The van der Waals surface area contributed by atoms with Crippen molar-refractivity contribution in [3.8, 4) is 0 Å². The summed E-state index contributed by atoms with van der Waals surface area (Å²) in [5.41, 5.74) is 0. The van der Waals surface area contributed by atoms with Crippen LogP contribution in [0.3, 0.4) is 0 Å². The topological polar surface area (TPSA) is 0 Å². The van der Waals surface area contributed by atoms with Crippen molar-refractivity contribution in [1.82, 2.24) is 0 Å². The van der Waals surface area contributed by atoms with Crippen molar-refractivity contribution in [3.63, 3.8) is 0 Å².